The molecular weight excluding hydrogens is 254 g/mol. The number of carbonyl (C=O) groups excluding carboxylic acids is 1. The molecule has 0 bridgehead atoms. The van der Waals surface area contributed by atoms with Gasteiger partial charge in [0.15, 0.2) is 0 Å². The molecule has 0 saturated carbocycles. The summed E-state index contributed by atoms with van der Waals surface area (Å²) < 4.78 is 0. The van der Waals surface area contributed by atoms with Crippen LogP contribution in [0.25, 0.3) is 0 Å². The van der Waals surface area contributed by atoms with Gasteiger partial charge in [-0.2, -0.15) is 5.10 Å². The van der Waals surface area contributed by atoms with Gasteiger partial charge in [-0.05, 0) is 18.6 Å². The van der Waals surface area contributed by atoms with Crippen molar-refractivity contribution >= 4 is 17.5 Å². The molecule has 0 aromatic carbocycles. The van der Waals surface area contributed by atoms with Crippen LogP contribution in [0, 0.1) is 0 Å². The maximum atomic E-state index is 11.9. The van der Waals surface area contributed by atoms with Crippen molar-refractivity contribution in [2.45, 2.75) is 19.9 Å². The van der Waals surface area contributed by atoms with Crippen LogP contribution >= 0.6 is 11.6 Å². The van der Waals surface area contributed by atoms with E-state index in [0.29, 0.717) is 23.1 Å². The molecule has 0 radical (unpaired) electrons. The summed E-state index contributed by atoms with van der Waals surface area (Å²) in [5.74, 6) is 0.379. The van der Waals surface area contributed by atoms with E-state index in [1.165, 1.54) is 12.4 Å². The summed E-state index contributed by atoms with van der Waals surface area (Å²) in [4.78, 5) is 19.9. The topological polar surface area (TPSA) is 83.6 Å². The fourth-order valence-electron chi connectivity index (χ4n) is 1.45. The second-order valence-corrected chi connectivity index (χ2v) is 4.03. The third-order valence-electron chi connectivity index (χ3n) is 2.35. The normalized spacial score (nSPS) is 10.3. The molecule has 2 aromatic heterocycles. The van der Waals surface area contributed by atoms with Crippen molar-refractivity contribution in [1.82, 2.24) is 25.5 Å². The van der Waals surface area contributed by atoms with Crippen molar-refractivity contribution in [3.8, 4) is 0 Å². The summed E-state index contributed by atoms with van der Waals surface area (Å²) in [6, 6.07) is 3.26. The van der Waals surface area contributed by atoms with E-state index in [-0.39, 0.29) is 5.91 Å². The summed E-state index contributed by atoms with van der Waals surface area (Å²) in [5.41, 5.74) is 1.28. The fraction of sp³-hybridized carbons (Fsp3) is 0.273. The van der Waals surface area contributed by atoms with Crippen LogP contribution in [-0.4, -0.2) is 26.1 Å². The second-order valence-electron chi connectivity index (χ2n) is 3.64. The highest BCUT2D eigenvalue weighted by Crippen LogP contribution is 2.11. The van der Waals surface area contributed by atoms with Crippen molar-refractivity contribution in [2.24, 2.45) is 0 Å². The minimum absolute atomic E-state index is 0.217. The maximum Gasteiger partial charge on any atom is 0.251 e. The van der Waals surface area contributed by atoms with E-state index in [4.69, 9.17) is 11.6 Å². The Hall–Kier alpha value is -1.95. The minimum Gasteiger partial charge on any atom is -0.345 e. The molecule has 0 saturated heterocycles. The van der Waals surface area contributed by atoms with Crippen LogP contribution in [0.2, 0.25) is 5.15 Å². The van der Waals surface area contributed by atoms with E-state index < -0.39 is 0 Å². The lowest BCUT2D eigenvalue weighted by Gasteiger charge is -2.05. The summed E-state index contributed by atoms with van der Waals surface area (Å²) in [5, 5.41) is 9.40. The Morgan fingerprint density at radius 2 is 2.33 bits per heavy atom. The SMILES string of the molecule is CCc1cc(C(=O)NCc2ncn[nH]2)cc(Cl)n1. The number of rotatable bonds is 4. The molecule has 0 aliphatic rings. The van der Waals surface area contributed by atoms with Gasteiger partial charge >= 0.3 is 0 Å². The standard InChI is InChI=1S/C11H12ClN5O/c1-2-8-3-7(4-9(12)16-8)11(18)13-5-10-14-6-15-17-10/h3-4,6H,2,5H2,1H3,(H,13,18)(H,14,15,17). The first kappa shape index (κ1) is 12.5. The van der Waals surface area contributed by atoms with Crippen LogP contribution in [0.1, 0.15) is 28.8 Å². The van der Waals surface area contributed by atoms with Gasteiger partial charge in [-0.25, -0.2) is 9.97 Å². The van der Waals surface area contributed by atoms with Crippen LogP contribution in [0.4, 0.5) is 0 Å². The Labute approximate surface area is 109 Å². The molecule has 2 heterocycles. The number of nitrogens with one attached hydrogen (secondary N) is 2. The Bertz CT molecular complexity index is 540. The zero-order chi connectivity index (χ0) is 13.0. The highest BCUT2D eigenvalue weighted by Gasteiger charge is 2.09. The van der Waals surface area contributed by atoms with E-state index in [1.54, 1.807) is 6.07 Å². The van der Waals surface area contributed by atoms with Gasteiger partial charge in [-0.15, -0.1) is 0 Å². The molecule has 0 aliphatic carbocycles. The average molecular weight is 266 g/mol. The number of nitrogens with zero attached hydrogens (tertiary/aromatic N) is 3. The number of aryl methyl sites for hydroxylation is 1. The number of H-pyrrole nitrogens is 1. The van der Waals surface area contributed by atoms with Gasteiger partial charge in [0.25, 0.3) is 5.91 Å². The van der Waals surface area contributed by atoms with Gasteiger partial charge < -0.3 is 5.32 Å². The largest absolute Gasteiger partial charge is 0.345 e. The van der Waals surface area contributed by atoms with Crippen LogP contribution in [-0.2, 0) is 13.0 Å². The molecular formula is C11H12ClN5O. The van der Waals surface area contributed by atoms with Gasteiger partial charge in [0.1, 0.15) is 17.3 Å². The Balaban J connectivity index is 2.06. The van der Waals surface area contributed by atoms with E-state index >= 15 is 0 Å². The van der Waals surface area contributed by atoms with Crippen LogP contribution in [0.3, 0.4) is 0 Å². The lowest BCUT2D eigenvalue weighted by atomic mass is 10.2. The molecule has 2 rings (SSSR count). The highest BCUT2D eigenvalue weighted by atomic mass is 35.5. The molecule has 1 amide bonds. The highest BCUT2D eigenvalue weighted by molar-refractivity contribution is 6.29. The third-order valence-corrected chi connectivity index (χ3v) is 2.55. The summed E-state index contributed by atoms with van der Waals surface area (Å²) >= 11 is 5.85. The molecule has 0 spiro atoms. The zero-order valence-electron chi connectivity index (χ0n) is 9.77. The van der Waals surface area contributed by atoms with Crippen LogP contribution in [0.15, 0.2) is 18.5 Å². The molecule has 0 atom stereocenters. The van der Waals surface area contributed by atoms with E-state index in [9.17, 15) is 4.79 Å². The number of halogens is 1. The zero-order valence-corrected chi connectivity index (χ0v) is 10.5. The monoisotopic (exact) mass is 265 g/mol. The van der Waals surface area contributed by atoms with Crippen molar-refractivity contribution in [1.29, 1.82) is 0 Å². The first-order valence-corrected chi connectivity index (χ1v) is 5.85. The predicted molar refractivity (Wildman–Crippen MR) is 66.2 cm³/mol. The molecule has 2 N–H and O–H groups in total. The minimum atomic E-state index is -0.217. The average Bonchev–Trinajstić information content (AvgIpc) is 2.88. The fourth-order valence-corrected chi connectivity index (χ4v) is 1.67. The van der Waals surface area contributed by atoms with Crippen molar-refractivity contribution in [3.63, 3.8) is 0 Å². The molecule has 18 heavy (non-hydrogen) atoms. The second kappa shape index (κ2) is 5.59. The molecule has 2 aromatic rings. The molecule has 94 valence electrons. The van der Waals surface area contributed by atoms with Crippen LogP contribution < -0.4 is 5.32 Å². The molecule has 0 unspecified atom stereocenters. The number of hydrogen-bond donors (Lipinski definition) is 2. The summed E-state index contributed by atoms with van der Waals surface area (Å²) in [7, 11) is 0. The number of carbonyl (C=O) groups is 1. The van der Waals surface area contributed by atoms with E-state index in [1.807, 2.05) is 6.92 Å². The smallest absolute Gasteiger partial charge is 0.251 e. The van der Waals surface area contributed by atoms with Gasteiger partial charge in [0.05, 0.1) is 6.54 Å². The number of pyridine rings is 1. The lowest BCUT2D eigenvalue weighted by Crippen LogP contribution is -2.23. The Morgan fingerprint density at radius 3 is 3.00 bits per heavy atom. The third kappa shape index (κ3) is 3.04. The van der Waals surface area contributed by atoms with Crippen molar-refractivity contribution in [2.75, 3.05) is 0 Å². The van der Waals surface area contributed by atoms with Gasteiger partial charge in [-0.1, -0.05) is 18.5 Å². The van der Waals surface area contributed by atoms with Crippen molar-refractivity contribution in [3.05, 3.63) is 40.7 Å². The van der Waals surface area contributed by atoms with Gasteiger partial charge in [-0.3, -0.25) is 9.89 Å². The summed E-state index contributed by atoms with van der Waals surface area (Å²) in [6.45, 7) is 2.25. The Morgan fingerprint density at radius 1 is 1.50 bits per heavy atom. The number of amides is 1. The first-order chi connectivity index (χ1) is 8.69. The van der Waals surface area contributed by atoms with Gasteiger partial charge in [0.2, 0.25) is 0 Å². The lowest BCUT2D eigenvalue weighted by molar-refractivity contribution is 0.0949. The Kier molecular flexibility index (Phi) is 3.88. The number of hydrogen-bond acceptors (Lipinski definition) is 4. The molecule has 0 fully saturated rings. The van der Waals surface area contributed by atoms with Crippen molar-refractivity contribution < 1.29 is 4.79 Å². The maximum absolute atomic E-state index is 11.9. The predicted octanol–water partition coefficient (Wildman–Crippen LogP) is 1.35. The van der Waals surface area contributed by atoms with E-state index in [0.717, 1.165) is 12.1 Å². The van der Waals surface area contributed by atoms with Crippen LogP contribution in [0.5, 0.6) is 0 Å². The van der Waals surface area contributed by atoms with Gasteiger partial charge in [0, 0.05) is 11.3 Å². The molecule has 7 heteroatoms. The quantitative estimate of drug-likeness (QED) is 0.818. The first-order valence-electron chi connectivity index (χ1n) is 5.48. The summed E-state index contributed by atoms with van der Waals surface area (Å²) in [6.07, 6.45) is 2.11. The molecule has 0 aliphatic heterocycles. The number of aromatic nitrogens is 4. The number of aromatic amines is 1. The van der Waals surface area contributed by atoms with E-state index in [2.05, 4.69) is 25.5 Å². The molecule has 6 nitrogen and oxygen atoms in total.